The molecule has 96 valence electrons. The van der Waals surface area contributed by atoms with Crippen molar-refractivity contribution in [2.45, 2.75) is 19.5 Å². The average molecular weight is 312 g/mol. The van der Waals surface area contributed by atoms with Gasteiger partial charge in [-0.3, -0.25) is 0 Å². The van der Waals surface area contributed by atoms with Crippen molar-refractivity contribution in [2.24, 2.45) is 0 Å². The van der Waals surface area contributed by atoms with Gasteiger partial charge in [0.2, 0.25) is 5.95 Å². The van der Waals surface area contributed by atoms with Crippen molar-refractivity contribution in [3.63, 3.8) is 0 Å². The van der Waals surface area contributed by atoms with Crippen LogP contribution in [0.15, 0.2) is 12.3 Å². The molecule has 17 heavy (non-hydrogen) atoms. The van der Waals surface area contributed by atoms with Crippen LogP contribution >= 0.6 is 15.9 Å². The molecule has 0 radical (unpaired) electrons. The lowest BCUT2D eigenvalue weighted by Gasteiger charge is -2.21. The largest absolute Gasteiger partial charge is 0.433 e. The Morgan fingerprint density at radius 2 is 2.06 bits per heavy atom. The molecule has 1 aromatic heterocycles. The Hall–Kier alpha value is -0.850. The highest BCUT2D eigenvalue weighted by Gasteiger charge is 2.33. The first-order valence-corrected chi connectivity index (χ1v) is 6.32. The topological polar surface area (TPSA) is 29.0 Å². The van der Waals surface area contributed by atoms with Crippen molar-refractivity contribution in [2.75, 3.05) is 23.3 Å². The molecule has 0 aromatic carbocycles. The Morgan fingerprint density at radius 3 is 2.59 bits per heavy atom. The molecule has 0 N–H and O–H groups in total. The van der Waals surface area contributed by atoms with Gasteiger partial charge in [0.05, 0.1) is 0 Å². The number of nitrogens with zero attached hydrogens (tertiary/aromatic N) is 3. The first-order chi connectivity index (χ1) is 7.99. The highest BCUT2D eigenvalue weighted by atomic mass is 79.9. The summed E-state index contributed by atoms with van der Waals surface area (Å²) >= 11 is 3.26. The molecule has 0 saturated heterocycles. The van der Waals surface area contributed by atoms with E-state index in [1.54, 1.807) is 4.90 Å². The molecule has 0 aliphatic heterocycles. The van der Waals surface area contributed by atoms with Crippen LogP contribution < -0.4 is 4.90 Å². The standard InChI is InChI=1S/C10H13BrF3N3/c1-2-6-17(7-4-11)9-15-5-3-8(16-9)10(12,13)14/h3,5H,2,4,6-7H2,1H3. The zero-order valence-corrected chi connectivity index (χ0v) is 10.9. The maximum Gasteiger partial charge on any atom is 0.433 e. The molecular formula is C10H13BrF3N3. The summed E-state index contributed by atoms with van der Waals surface area (Å²) < 4.78 is 37.5. The molecule has 3 nitrogen and oxygen atoms in total. The minimum Gasteiger partial charge on any atom is -0.340 e. The quantitative estimate of drug-likeness (QED) is 0.782. The van der Waals surface area contributed by atoms with Gasteiger partial charge in [-0.1, -0.05) is 22.9 Å². The van der Waals surface area contributed by atoms with Crippen LogP contribution in [0.3, 0.4) is 0 Å². The highest BCUT2D eigenvalue weighted by molar-refractivity contribution is 9.09. The normalized spacial score (nSPS) is 11.6. The molecule has 1 heterocycles. The summed E-state index contributed by atoms with van der Waals surface area (Å²) in [6, 6.07) is 0.877. The first-order valence-electron chi connectivity index (χ1n) is 5.20. The Bertz CT molecular complexity index is 351. The van der Waals surface area contributed by atoms with Gasteiger partial charge in [0.25, 0.3) is 0 Å². The number of anilines is 1. The van der Waals surface area contributed by atoms with Crippen molar-refractivity contribution in [1.29, 1.82) is 0 Å². The zero-order valence-electron chi connectivity index (χ0n) is 9.34. The summed E-state index contributed by atoms with van der Waals surface area (Å²) in [5.74, 6) is 0.126. The van der Waals surface area contributed by atoms with E-state index in [9.17, 15) is 13.2 Å². The fourth-order valence-corrected chi connectivity index (χ4v) is 1.77. The third-order valence-electron chi connectivity index (χ3n) is 2.06. The van der Waals surface area contributed by atoms with Crippen molar-refractivity contribution in [1.82, 2.24) is 9.97 Å². The number of hydrogen-bond donors (Lipinski definition) is 0. The summed E-state index contributed by atoms with van der Waals surface area (Å²) in [6.07, 6.45) is -2.46. The molecule has 0 spiro atoms. The summed E-state index contributed by atoms with van der Waals surface area (Å²) in [5, 5.41) is 0.659. The van der Waals surface area contributed by atoms with Gasteiger partial charge in [0.15, 0.2) is 0 Å². The predicted molar refractivity (Wildman–Crippen MR) is 63.3 cm³/mol. The van der Waals surface area contributed by atoms with Gasteiger partial charge in [-0.25, -0.2) is 9.97 Å². The van der Waals surface area contributed by atoms with E-state index in [1.807, 2.05) is 6.92 Å². The summed E-state index contributed by atoms with van der Waals surface area (Å²) in [6.45, 7) is 3.16. The lowest BCUT2D eigenvalue weighted by Crippen LogP contribution is -2.28. The van der Waals surface area contributed by atoms with E-state index >= 15 is 0 Å². The molecule has 0 aliphatic rings. The fraction of sp³-hybridized carbons (Fsp3) is 0.600. The van der Waals surface area contributed by atoms with Gasteiger partial charge in [0.1, 0.15) is 5.69 Å². The van der Waals surface area contributed by atoms with Crippen molar-refractivity contribution >= 4 is 21.9 Å². The van der Waals surface area contributed by atoms with Gasteiger partial charge >= 0.3 is 6.18 Å². The van der Waals surface area contributed by atoms with Crippen LogP contribution in [0.2, 0.25) is 0 Å². The van der Waals surface area contributed by atoms with E-state index in [-0.39, 0.29) is 5.95 Å². The summed E-state index contributed by atoms with van der Waals surface area (Å²) in [5.41, 5.74) is -0.904. The van der Waals surface area contributed by atoms with Gasteiger partial charge in [-0.15, -0.1) is 0 Å². The second kappa shape index (κ2) is 6.18. The van der Waals surface area contributed by atoms with Crippen LogP contribution in [0.1, 0.15) is 19.0 Å². The Labute approximate surface area is 106 Å². The van der Waals surface area contributed by atoms with E-state index < -0.39 is 11.9 Å². The molecule has 0 atom stereocenters. The molecule has 0 unspecified atom stereocenters. The van der Waals surface area contributed by atoms with Crippen LogP contribution in [-0.2, 0) is 6.18 Å². The second-order valence-corrected chi connectivity index (χ2v) is 4.21. The molecule has 1 aromatic rings. The predicted octanol–water partition coefficient (Wildman–Crippen LogP) is 3.11. The van der Waals surface area contributed by atoms with Crippen LogP contribution in [-0.4, -0.2) is 28.4 Å². The molecule has 1 rings (SSSR count). The van der Waals surface area contributed by atoms with Gasteiger partial charge in [-0.05, 0) is 12.5 Å². The summed E-state index contributed by atoms with van der Waals surface area (Å²) in [4.78, 5) is 9.16. The molecule has 0 fully saturated rings. The minimum absolute atomic E-state index is 0.126. The van der Waals surface area contributed by atoms with E-state index in [1.165, 1.54) is 0 Å². The minimum atomic E-state index is -4.43. The number of halogens is 4. The third kappa shape index (κ3) is 4.14. The highest BCUT2D eigenvalue weighted by Crippen LogP contribution is 2.28. The Kier molecular flexibility index (Phi) is 5.17. The molecule has 0 amide bonds. The van der Waals surface area contributed by atoms with Gasteiger partial charge in [-0.2, -0.15) is 13.2 Å². The number of aromatic nitrogens is 2. The summed E-state index contributed by atoms with van der Waals surface area (Å²) in [7, 11) is 0. The lowest BCUT2D eigenvalue weighted by molar-refractivity contribution is -0.141. The molecule has 0 bridgehead atoms. The molecular weight excluding hydrogens is 299 g/mol. The molecule has 0 aliphatic carbocycles. The Morgan fingerprint density at radius 1 is 1.35 bits per heavy atom. The monoisotopic (exact) mass is 311 g/mol. The zero-order chi connectivity index (χ0) is 12.9. The SMILES string of the molecule is CCCN(CCBr)c1nccc(C(F)(F)F)n1. The fourth-order valence-electron chi connectivity index (χ4n) is 1.34. The molecule has 7 heteroatoms. The number of alkyl halides is 4. The molecule has 0 saturated carbocycles. The third-order valence-corrected chi connectivity index (χ3v) is 2.42. The van der Waals surface area contributed by atoms with Crippen LogP contribution in [0.5, 0.6) is 0 Å². The van der Waals surface area contributed by atoms with E-state index in [0.29, 0.717) is 18.4 Å². The van der Waals surface area contributed by atoms with Crippen LogP contribution in [0, 0.1) is 0 Å². The van der Waals surface area contributed by atoms with E-state index in [2.05, 4.69) is 25.9 Å². The van der Waals surface area contributed by atoms with Crippen LogP contribution in [0.25, 0.3) is 0 Å². The second-order valence-electron chi connectivity index (χ2n) is 3.42. The maximum absolute atomic E-state index is 12.5. The number of rotatable bonds is 5. The van der Waals surface area contributed by atoms with Crippen LogP contribution in [0.4, 0.5) is 19.1 Å². The smallest absolute Gasteiger partial charge is 0.340 e. The Balaban J connectivity index is 2.95. The van der Waals surface area contributed by atoms with Gasteiger partial charge < -0.3 is 4.90 Å². The van der Waals surface area contributed by atoms with Crippen molar-refractivity contribution < 1.29 is 13.2 Å². The van der Waals surface area contributed by atoms with E-state index in [4.69, 9.17) is 0 Å². The first kappa shape index (κ1) is 14.2. The van der Waals surface area contributed by atoms with Crippen molar-refractivity contribution in [3.8, 4) is 0 Å². The lowest BCUT2D eigenvalue weighted by atomic mass is 10.4. The average Bonchev–Trinajstić information content (AvgIpc) is 2.28. The number of hydrogen-bond acceptors (Lipinski definition) is 3. The van der Waals surface area contributed by atoms with E-state index in [0.717, 1.165) is 18.7 Å². The van der Waals surface area contributed by atoms with Gasteiger partial charge in [0, 0.05) is 24.6 Å². The maximum atomic E-state index is 12.5. The van der Waals surface area contributed by atoms with Crippen molar-refractivity contribution in [3.05, 3.63) is 18.0 Å².